The molecule has 7 heteroatoms. The van der Waals surface area contributed by atoms with Crippen molar-refractivity contribution >= 4 is 11.8 Å². The minimum Gasteiger partial charge on any atom is -0.297 e. The van der Waals surface area contributed by atoms with Crippen molar-refractivity contribution in [2.75, 3.05) is 20.1 Å². The molecule has 2 aliphatic rings. The van der Waals surface area contributed by atoms with Crippen LogP contribution in [-0.2, 0) is 22.3 Å². The lowest BCUT2D eigenvalue weighted by Crippen LogP contribution is -2.33. The Morgan fingerprint density at radius 1 is 1.09 bits per heavy atom. The molecule has 1 aromatic rings. The third kappa shape index (κ3) is 2.39. The lowest BCUT2D eigenvalue weighted by molar-refractivity contribution is -0.140. The van der Waals surface area contributed by atoms with Crippen LogP contribution in [0.25, 0.3) is 0 Å². The predicted molar refractivity (Wildman–Crippen MR) is 71.5 cm³/mol. The van der Waals surface area contributed by atoms with Crippen molar-refractivity contribution in [3.63, 3.8) is 0 Å². The molecule has 0 aliphatic carbocycles. The molecule has 22 heavy (non-hydrogen) atoms. The van der Waals surface area contributed by atoms with Crippen LogP contribution < -0.4 is 0 Å². The summed E-state index contributed by atoms with van der Waals surface area (Å²) in [5.74, 6) is -1.31. The van der Waals surface area contributed by atoms with Gasteiger partial charge >= 0.3 is 6.18 Å². The number of carbonyl (C=O) groups excluding carboxylic acids is 2. The number of fused-ring (bicyclic) bond motifs is 1. The number of amides is 2. The molecule has 3 rings (SSSR count). The highest BCUT2D eigenvalue weighted by Gasteiger charge is 2.51. The van der Waals surface area contributed by atoms with Crippen molar-refractivity contribution < 1.29 is 22.8 Å². The molecule has 0 aromatic heterocycles. The van der Waals surface area contributed by atoms with Crippen LogP contribution in [-0.4, -0.2) is 41.8 Å². The fourth-order valence-electron chi connectivity index (χ4n) is 3.30. The molecule has 0 N–H and O–H groups in total. The zero-order valence-electron chi connectivity index (χ0n) is 11.9. The molecular formula is C15H15F3N2O2. The van der Waals surface area contributed by atoms with Gasteiger partial charge in [-0.05, 0) is 11.6 Å². The van der Waals surface area contributed by atoms with E-state index in [0.717, 1.165) is 11.0 Å². The van der Waals surface area contributed by atoms with E-state index in [9.17, 15) is 22.8 Å². The number of alkyl halides is 3. The van der Waals surface area contributed by atoms with E-state index in [-0.39, 0.29) is 23.9 Å². The molecule has 0 spiro atoms. The third-order valence-electron chi connectivity index (χ3n) is 4.41. The number of rotatable bonds is 2. The van der Waals surface area contributed by atoms with E-state index < -0.39 is 23.6 Å². The molecule has 0 unspecified atom stereocenters. The minimum absolute atomic E-state index is 0.0902. The quantitative estimate of drug-likeness (QED) is 0.781. The first-order chi connectivity index (χ1) is 10.3. The van der Waals surface area contributed by atoms with Crippen molar-refractivity contribution in [1.29, 1.82) is 0 Å². The first kappa shape index (κ1) is 15.0. The average molecular weight is 312 g/mol. The summed E-state index contributed by atoms with van der Waals surface area (Å²) in [4.78, 5) is 26.7. The van der Waals surface area contributed by atoms with Gasteiger partial charge in [0.1, 0.15) is 0 Å². The lowest BCUT2D eigenvalue weighted by atomic mass is 10.00. The molecule has 2 aliphatic heterocycles. The van der Waals surface area contributed by atoms with Gasteiger partial charge in [-0.3, -0.25) is 19.4 Å². The fourth-order valence-corrected chi connectivity index (χ4v) is 3.30. The van der Waals surface area contributed by atoms with Gasteiger partial charge in [0, 0.05) is 26.7 Å². The Balaban J connectivity index is 1.78. The maximum atomic E-state index is 13.0. The number of hydrogen-bond donors (Lipinski definition) is 0. The SMILES string of the molecule is CN1C(=O)[C@H]2CN(Cc3ccccc3C(F)(F)F)C[C@H]2C1=O. The maximum absolute atomic E-state index is 13.0. The zero-order valence-corrected chi connectivity index (χ0v) is 11.9. The highest BCUT2D eigenvalue weighted by Crippen LogP contribution is 2.36. The largest absolute Gasteiger partial charge is 0.416 e. The van der Waals surface area contributed by atoms with E-state index in [0.29, 0.717) is 13.1 Å². The average Bonchev–Trinajstić information content (AvgIpc) is 2.95. The van der Waals surface area contributed by atoms with Crippen LogP contribution in [0.5, 0.6) is 0 Å². The summed E-state index contributed by atoms with van der Waals surface area (Å²) >= 11 is 0. The van der Waals surface area contributed by atoms with Gasteiger partial charge in [-0.2, -0.15) is 13.2 Å². The summed E-state index contributed by atoms with van der Waals surface area (Å²) in [6.07, 6.45) is -4.40. The molecule has 0 saturated carbocycles. The van der Waals surface area contributed by atoms with Crippen molar-refractivity contribution in [3.8, 4) is 0 Å². The Morgan fingerprint density at radius 2 is 1.64 bits per heavy atom. The molecule has 0 radical (unpaired) electrons. The zero-order chi connectivity index (χ0) is 16.1. The van der Waals surface area contributed by atoms with Gasteiger partial charge < -0.3 is 0 Å². The summed E-state index contributed by atoms with van der Waals surface area (Å²) in [5, 5.41) is 0. The number of benzene rings is 1. The van der Waals surface area contributed by atoms with Gasteiger partial charge in [-0.15, -0.1) is 0 Å². The number of hydrogen-bond acceptors (Lipinski definition) is 3. The Hall–Kier alpha value is -1.89. The number of nitrogens with zero attached hydrogens (tertiary/aromatic N) is 2. The topological polar surface area (TPSA) is 40.6 Å². The van der Waals surface area contributed by atoms with Crippen LogP contribution in [0, 0.1) is 11.8 Å². The highest BCUT2D eigenvalue weighted by atomic mass is 19.4. The van der Waals surface area contributed by atoms with Crippen LogP contribution in [0.2, 0.25) is 0 Å². The van der Waals surface area contributed by atoms with Gasteiger partial charge in [0.15, 0.2) is 0 Å². The van der Waals surface area contributed by atoms with Crippen LogP contribution in [0.4, 0.5) is 13.2 Å². The Labute approximate surface area is 125 Å². The second-order valence-corrected chi connectivity index (χ2v) is 5.80. The van der Waals surface area contributed by atoms with Crippen molar-refractivity contribution in [2.45, 2.75) is 12.7 Å². The van der Waals surface area contributed by atoms with Crippen molar-refractivity contribution in [3.05, 3.63) is 35.4 Å². The normalized spacial score (nSPS) is 25.9. The maximum Gasteiger partial charge on any atom is 0.416 e. The number of halogens is 3. The van der Waals surface area contributed by atoms with Gasteiger partial charge in [0.05, 0.1) is 17.4 Å². The summed E-state index contributed by atoms with van der Waals surface area (Å²) in [6, 6.07) is 5.40. The predicted octanol–water partition coefficient (Wildman–Crippen LogP) is 1.75. The van der Waals surface area contributed by atoms with E-state index in [1.807, 2.05) is 0 Å². The van der Waals surface area contributed by atoms with E-state index in [2.05, 4.69) is 0 Å². The van der Waals surface area contributed by atoms with E-state index in [1.54, 1.807) is 11.0 Å². The monoisotopic (exact) mass is 312 g/mol. The molecule has 1 aromatic carbocycles. The first-order valence-electron chi connectivity index (χ1n) is 6.98. The molecule has 2 heterocycles. The number of imide groups is 1. The van der Waals surface area contributed by atoms with Gasteiger partial charge in [-0.1, -0.05) is 18.2 Å². The van der Waals surface area contributed by atoms with Gasteiger partial charge in [0.25, 0.3) is 0 Å². The molecule has 0 bridgehead atoms. The molecule has 118 valence electrons. The molecule has 2 fully saturated rings. The highest BCUT2D eigenvalue weighted by molar-refractivity contribution is 6.05. The molecule has 2 saturated heterocycles. The second kappa shape index (κ2) is 5.08. The van der Waals surface area contributed by atoms with E-state index >= 15 is 0 Å². The fraction of sp³-hybridized carbons (Fsp3) is 0.467. The summed E-state index contributed by atoms with van der Waals surface area (Å²) < 4.78 is 39.0. The molecule has 4 nitrogen and oxygen atoms in total. The van der Waals surface area contributed by atoms with Gasteiger partial charge in [0.2, 0.25) is 11.8 Å². The van der Waals surface area contributed by atoms with E-state index in [1.165, 1.54) is 19.2 Å². The van der Waals surface area contributed by atoms with E-state index in [4.69, 9.17) is 0 Å². The molecule has 2 atom stereocenters. The third-order valence-corrected chi connectivity index (χ3v) is 4.41. The van der Waals surface area contributed by atoms with Crippen LogP contribution in [0.1, 0.15) is 11.1 Å². The standard InChI is InChI=1S/C15H15F3N2O2/c1-19-13(21)10-7-20(8-11(10)14(19)22)6-9-4-2-3-5-12(9)15(16,17)18/h2-5,10-11H,6-8H2,1H3/t10-,11+. The summed E-state index contributed by atoms with van der Waals surface area (Å²) in [7, 11) is 1.45. The Morgan fingerprint density at radius 3 is 2.18 bits per heavy atom. The number of carbonyl (C=O) groups is 2. The Kier molecular flexibility index (Phi) is 3.47. The minimum atomic E-state index is -4.40. The van der Waals surface area contributed by atoms with Crippen molar-refractivity contribution in [2.24, 2.45) is 11.8 Å². The first-order valence-corrected chi connectivity index (χ1v) is 6.98. The molecule has 2 amide bonds. The Bertz CT molecular complexity index is 605. The smallest absolute Gasteiger partial charge is 0.297 e. The van der Waals surface area contributed by atoms with Crippen LogP contribution in [0.3, 0.4) is 0 Å². The van der Waals surface area contributed by atoms with Crippen LogP contribution >= 0.6 is 0 Å². The van der Waals surface area contributed by atoms with Gasteiger partial charge in [-0.25, -0.2) is 0 Å². The second-order valence-electron chi connectivity index (χ2n) is 5.80. The summed E-state index contributed by atoms with van der Waals surface area (Å²) in [6.45, 7) is 0.741. The molecular weight excluding hydrogens is 297 g/mol. The summed E-state index contributed by atoms with van der Waals surface area (Å²) in [5.41, 5.74) is -0.495. The van der Waals surface area contributed by atoms with Crippen LogP contribution in [0.15, 0.2) is 24.3 Å². The van der Waals surface area contributed by atoms with Crippen molar-refractivity contribution in [1.82, 2.24) is 9.80 Å². The number of likely N-dealkylation sites (tertiary alicyclic amines) is 2. The lowest BCUT2D eigenvalue weighted by Gasteiger charge is -2.20.